The summed E-state index contributed by atoms with van der Waals surface area (Å²) in [6, 6.07) is 17.1. The molecule has 2 N–H and O–H groups in total. The van der Waals surface area contributed by atoms with Crippen molar-refractivity contribution in [2.75, 3.05) is 5.73 Å². The average molecular weight is 340 g/mol. The minimum atomic E-state index is 0.0156. The number of fused-ring (bicyclic) bond motifs is 1. The zero-order valence-electron chi connectivity index (χ0n) is 11.6. The highest BCUT2D eigenvalue weighted by Gasteiger charge is 2.14. The number of carbonyl (C=O) groups is 1. The third-order valence-electron chi connectivity index (χ3n) is 3.65. The van der Waals surface area contributed by atoms with Crippen LogP contribution in [-0.4, -0.2) is 5.78 Å². The molecule has 0 aliphatic carbocycles. The molecule has 3 heteroatoms. The van der Waals surface area contributed by atoms with E-state index in [0.717, 1.165) is 20.8 Å². The van der Waals surface area contributed by atoms with E-state index < -0.39 is 0 Å². The second kappa shape index (κ2) is 5.34. The van der Waals surface area contributed by atoms with Gasteiger partial charge in [0, 0.05) is 21.3 Å². The Hall–Kier alpha value is -2.13. The molecule has 0 unspecified atom stereocenters. The minimum Gasteiger partial charge on any atom is -0.399 e. The highest BCUT2D eigenvalue weighted by Crippen LogP contribution is 2.28. The van der Waals surface area contributed by atoms with Crippen LogP contribution in [0.25, 0.3) is 10.8 Å². The maximum Gasteiger partial charge on any atom is 0.193 e. The summed E-state index contributed by atoms with van der Waals surface area (Å²) in [7, 11) is 0. The zero-order valence-corrected chi connectivity index (χ0v) is 13.1. The Morgan fingerprint density at radius 3 is 2.43 bits per heavy atom. The smallest absolute Gasteiger partial charge is 0.193 e. The quantitative estimate of drug-likeness (QED) is 0.542. The normalized spacial score (nSPS) is 10.8. The van der Waals surface area contributed by atoms with Gasteiger partial charge in [0.1, 0.15) is 0 Å². The number of hydrogen-bond donors (Lipinski definition) is 1. The minimum absolute atomic E-state index is 0.0156. The van der Waals surface area contributed by atoms with E-state index in [4.69, 9.17) is 5.73 Å². The summed E-state index contributed by atoms with van der Waals surface area (Å²) in [5.41, 5.74) is 8.81. The number of ketones is 1. The summed E-state index contributed by atoms with van der Waals surface area (Å²) in [6.45, 7) is 1.91. The maximum atomic E-state index is 12.8. The van der Waals surface area contributed by atoms with Crippen LogP contribution in [0.5, 0.6) is 0 Å². The molecular weight excluding hydrogens is 326 g/mol. The molecule has 0 fully saturated rings. The van der Waals surface area contributed by atoms with Gasteiger partial charge in [-0.15, -0.1) is 0 Å². The predicted molar refractivity (Wildman–Crippen MR) is 90.7 cm³/mol. The van der Waals surface area contributed by atoms with E-state index in [2.05, 4.69) is 15.9 Å². The van der Waals surface area contributed by atoms with E-state index in [1.54, 1.807) is 12.1 Å². The van der Waals surface area contributed by atoms with Crippen LogP contribution >= 0.6 is 15.9 Å². The van der Waals surface area contributed by atoms with Crippen molar-refractivity contribution in [1.29, 1.82) is 0 Å². The van der Waals surface area contributed by atoms with E-state index in [-0.39, 0.29) is 5.78 Å². The summed E-state index contributed by atoms with van der Waals surface area (Å²) in [4.78, 5) is 12.8. The molecule has 0 aliphatic heterocycles. The van der Waals surface area contributed by atoms with E-state index >= 15 is 0 Å². The monoisotopic (exact) mass is 339 g/mol. The Balaban J connectivity index is 2.18. The van der Waals surface area contributed by atoms with Crippen molar-refractivity contribution < 1.29 is 4.79 Å². The largest absolute Gasteiger partial charge is 0.399 e. The highest BCUT2D eigenvalue weighted by atomic mass is 79.9. The van der Waals surface area contributed by atoms with Crippen molar-refractivity contribution in [3.05, 3.63) is 75.8 Å². The lowest BCUT2D eigenvalue weighted by Crippen LogP contribution is -2.03. The van der Waals surface area contributed by atoms with Crippen LogP contribution in [0.3, 0.4) is 0 Å². The van der Waals surface area contributed by atoms with Crippen molar-refractivity contribution in [3.8, 4) is 0 Å². The third kappa shape index (κ3) is 2.45. The fourth-order valence-corrected chi connectivity index (χ4v) is 2.91. The van der Waals surface area contributed by atoms with Crippen LogP contribution < -0.4 is 5.73 Å². The van der Waals surface area contributed by atoms with Crippen molar-refractivity contribution >= 4 is 38.2 Å². The van der Waals surface area contributed by atoms with Gasteiger partial charge in [-0.05, 0) is 53.6 Å². The first-order valence-corrected chi connectivity index (χ1v) is 7.45. The number of hydrogen-bond acceptors (Lipinski definition) is 2. The molecule has 0 spiro atoms. The van der Waals surface area contributed by atoms with E-state index in [1.807, 2.05) is 49.4 Å². The second-order valence-electron chi connectivity index (χ2n) is 5.04. The number of anilines is 1. The van der Waals surface area contributed by atoms with Gasteiger partial charge in [-0.25, -0.2) is 0 Å². The Bertz CT molecular complexity index is 855. The number of nitrogens with two attached hydrogens (primary N) is 1. The van der Waals surface area contributed by atoms with Crippen LogP contribution in [-0.2, 0) is 0 Å². The molecule has 0 saturated heterocycles. The fraction of sp³-hybridized carbons (Fsp3) is 0.0556. The summed E-state index contributed by atoms with van der Waals surface area (Å²) in [5, 5.41) is 1.99. The lowest BCUT2D eigenvalue weighted by atomic mass is 9.96. The van der Waals surface area contributed by atoms with Crippen molar-refractivity contribution in [2.24, 2.45) is 0 Å². The summed E-state index contributed by atoms with van der Waals surface area (Å²) in [5.74, 6) is 0.0156. The number of nitrogen functional groups attached to an aromatic ring is 1. The summed E-state index contributed by atoms with van der Waals surface area (Å²) in [6.07, 6.45) is 0. The molecule has 0 aliphatic rings. The zero-order chi connectivity index (χ0) is 15.0. The van der Waals surface area contributed by atoms with Crippen LogP contribution in [0.1, 0.15) is 21.5 Å². The van der Waals surface area contributed by atoms with Gasteiger partial charge in [0.05, 0.1) is 0 Å². The highest BCUT2D eigenvalue weighted by molar-refractivity contribution is 9.10. The first kappa shape index (κ1) is 13.8. The first-order valence-electron chi connectivity index (χ1n) is 6.66. The van der Waals surface area contributed by atoms with Gasteiger partial charge in [0.2, 0.25) is 0 Å². The second-order valence-corrected chi connectivity index (χ2v) is 5.90. The molecule has 0 saturated carbocycles. The van der Waals surface area contributed by atoms with Gasteiger partial charge in [-0.2, -0.15) is 0 Å². The van der Waals surface area contributed by atoms with Crippen LogP contribution in [0.4, 0.5) is 5.69 Å². The standard InChI is InChI=1S/C18H14BrNO/c1-11-10-12(6-9-17(11)20)18(21)15-7-8-16(19)14-5-3-2-4-13(14)15/h2-10H,20H2,1H3. The third-order valence-corrected chi connectivity index (χ3v) is 4.34. The SMILES string of the molecule is Cc1cc(C(=O)c2ccc(Br)c3ccccc23)ccc1N. The Morgan fingerprint density at radius 1 is 1.00 bits per heavy atom. The molecule has 3 aromatic carbocycles. The molecular formula is C18H14BrNO. The Labute approximate surface area is 131 Å². The van der Waals surface area contributed by atoms with Gasteiger partial charge >= 0.3 is 0 Å². The van der Waals surface area contributed by atoms with E-state index in [9.17, 15) is 4.79 Å². The van der Waals surface area contributed by atoms with Gasteiger partial charge in [0.25, 0.3) is 0 Å². The lowest BCUT2D eigenvalue weighted by Gasteiger charge is -2.09. The molecule has 0 atom stereocenters. The van der Waals surface area contributed by atoms with Gasteiger partial charge < -0.3 is 5.73 Å². The Kier molecular flexibility index (Phi) is 3.52. The molecule has 0 bridgehead atoms. The number of rotatable bonds is 2. The van der Waals surface area contributed by atoms with E-state index in [1.165, 1.54) is 0 Å². The summed E-state index contributed by atoms with van der Waals surface area (Å²) < 4.78 is 0.989. The maximum absolute atomic E-state index is 12.8. The Morgan fingerprint density at radius 2 is 1.71 bits per heavy atom. The molecule has 104 valence electrons. The number of benzene rings is 3. The molecule has 3 rings (SSSR count). The van der Waals surface area contributed by atoms with Crippen LogP contribution in [0.2, 0.25) is 0 Å². The number of halogens is 1. The van der Waals surface area contributed by atoms with Crippen molar-refractivity contribution in [1.82, 2.24) is 0 Å². The van der Waals surface area contributed by atoms with Crippen molar-refractivity contribution in [2.45, 2.75) is 6.92 Å². The molecule has 21 heavy (non-hydrogen) atoms. The average Bonchev–Trinajstić information content (AvgIpc) is 2.50. The first-order chi connectivity index (χ1) is 10.1. The number of carbonyl (C=O) groups excluding carboxylic acids is 1. The molecule has 2 nitrogen and oxygen atoms in total. The van der Waals surface area contributed by atoms with E-state index in [0.29, 0.717) is 16.8 Å². The van der Waals surface area contributed by atoms with Crippen molar-refractivity contribution in [3.63, 3.8) is 0 Å². The lowest BCUT2D eigenvalue weighted by molar-refractivity contribution is 0.104. The topological polar surface area (TPSA) is 43.1 Å². The molecule has 0 radical (unpaired) electrons. The molecule has 0 aromatic heterocycles. The fourth-order valence-electron chi connectivity index (χ4n) is 2.43. The van der Waals surface area contributed by atoms with Crippen LogP contribution in [0.15, 0.2) is 59.1 Å². The predicted octanol–water partition coefficient (Wildman–Crippen LogP) is 4.72. The van der Waals surface area contributed by atoms with Crippen LogP contribution in [0, 0.1) is 6.92 Å². The van der Waals surface area contributed by atoms with Gasteiger partial charge in [-0.3, -0.25) is 4.79 Å². The number of aryl methyl sites for hydroxylation is 1. The molecule has 0 heterocycles. The molecule has 0 amide bonds. The molecule has 3 aromatic rings. The summed E-state index contributed by atoms with van der Waals surface area (Å²) >= 11 is 3.53. The van der Waals surface area contributed by atoms with Gasteiger partial charge in [-0.1, -0.05) is 40.2 Å². The van der Waals surface area contributed by atoms with Gasteiger partial charge in [0.15, 0.2) is 5.78 Å².